The maximum Gasteiger partial charge on any atom is 0.264 e. The standard InChI is InChI=1S/C21H30N2O4S/c1-14(21-11-15-7-16(12-21)9-17(8-15)13-21)22-20(24)18-5-4-6-19(10-18)28(25,26)23(2)27-3/h4-6,10,14-17H,7-9,11-13H2,1-3H3,(H,22,24)/t14-,15?,16?,17?,21?/m1/s1. The molecule has 1 aromatic rings. The Kier molecular flexibility index (Phi) is 5.04. The number of hydrogen-bond donors (Lipinski definition) is 1. The molecule has 4 saturated carbocycles. The third-order valence-electron chi connectivity index (χ3n) is 7.34. The lowest BCUT2D eigenvalue weighted by Gasteiger charge is -2.59. The third kappa shape index (κ3) is 3.37. The van der Waals surface area contributed by atoms with Crippen LogP contribution in [0.15, 0.2) is 29.2 Å². The Bertz CT molecular complexity index is 832. The van der Waals surface area contributed by atoms with Crippen LogP contribution in [0.2, 0.25) is 0 Å². The fourth-order valence-corrected chi connectivity index (χ4v) is 7.20. The molecule has 4 fully saturated rings. The monoisotopic (exact) mass is 406 g/mol. The molecule has 1 aromatic carbocycles. The van der Waals surface area contributed by atoms with E-state index < -0.39 is 10.0 Å². The van der Waals surface area contributed by atoms with Crippen LogP contribution in [-0.2, 0) is 14.9 Å². The number of amides is 1. The average molecular weight is 407 g/mol. The lowest BCUT2D eigenvalue weighted by Crippen LogP contribution is -2.55. The van der Waals surface area contributed by atoms with E-state index >= 15 is 0 Å². The molecule has 1 amide bonds. The highest BCUT2D eigenvalue weighted by molar-refractivity contribution is 7.89. The molecule has 28 heavy (non-hydrogen) atoms. The number of nitrogens with one attached hydrogen (secondary N) is 1. The van der Waals surface area contributed by atoms with Gasteiger partial charge in [0, 0.05) is 18.7 Å². The van der Waals surface area contributed by atoms with Gasteiger partial charge >= 0.3 is 0 Å². The van der Waals surface area contributed by atoms with E-state index in [1.165, 1.54) is 64.8 Å². The predicted octanol–water partition coefficient (Wildman–Crippen LogP) is 3.20. The number of rotatable bonds is 6. The Balaban J connectivity index is 1.51. The van der Waals surface area contributed by atoms with Crippen LogP contribution in [0.1, 0.15) is 55.8 Å². The summed E-state index contributed by atoms with van der Waals surface area (Å²) in [7, 11) is -1.16. The second-order valence-corrected chi connectivity index (χ2v) is 11.0. The molecule has 154 valence electrons. The molecule has 0 aromatic heterocycles. The van der Waals surface area contributed by atoms with Crippen molar-refractivity contribution in [3.8, 4) is 0 Å². The SMILES string of the molecule is CON(C)S(=O)(=O)c1cccc(C(=O)N[C@H](C)C23CC4CC(CC(C4)C2)C3)c1. The van der Waals surface area contributed by atoms with Gasteiger partial charge in [0.25, 0.3) is 15.9 Å². The van der Waals surface area contributed by atoms with Gasteiger partial charge in [-0.15, -0.1) is 0 Å². The van der Waals surface area contributed by atoms with Crippen molar-refractivity contribution in [3.63, 3.8) is 0 Å². The molecule has 0 spiro atoms. The van der Waals surface area contributed by atoms with E-state index in [4.69, 9.17) is 4.84 Å². The van der Waals surface area contributed by atoms with E-state index in [1.807, 2.05) is 0 Å². The number of carbonyl (C=O) groups excluding carboxylic acids is 1. The molecule has 1 atom stereocenters. The van der Waals surface area contributed by atoms with Crippen LogP contribution in [0.5, 0.6) is 0 Å². The largest absolute Gasteiger partial charge is 0.349 e. The summed E-state index contributed by atoms with van der Waals surface area (Å²) in [4.78, 5) is 17.8. The van der Waals surface area contributed by atoms with E-state index in [9.17, 15) is 13.2 Å². The molecule has 0 aliphatic heterocycles. The lowest BCUT2D eigenvalue weighted by molar-refractivity contribution is -0.0688. The predicted molar refractivity (Wildman–Crippen MR) is 106 cm³/mol. The van der Waals surface area contributed by atoms with Crippen LogP contribution in [0, 0.1) is 23.2 Å². The maximum absolute atomic E-state index is 12.9. The molecular formula is C21H30N2O4S. The smallest absolute Gasteiger partial charge is 0.264 e. The molecule has 6 nitrogen and oxygen atoms in total. The summed E-state index contributed by atoms with van der Waals surface area (Å²) in [6, 6.07) is 6.25. The van der Waals surface area contributed by atoms with Gasteiger partial charge in [-0.25, -0.2) is 8.42 Å². The van der Waals surface area contributed by atoms with Crippen molar-refractivity contribution in [2.24, 2.45) is 23.2 Å². The Morgan fingerprint density at radius 3 is 2.29 bits per heavy atom. The minimum absolute atomic E-state index is 0.0481. The summed E-state index contributed by atoms with van der Waals surface area (Å²) in [5.74, 6) is 2.26. The molecule has 5 rings (SSSR count). The van der Waals surface area contributed by atoms with E-state index in [0.717, 1.165) is 22.2 Å². The van der Waals surface area contributed by atoms with Crippen LogP contribution in [0.3, 0.4) is 0 Å². The molecule has 0 saturated heterocycles. The first-order valence-corrected chi connectivity index (χ1v) is 11.6. The Hall–Kier alpha value is -1.44. The molecular weight excluding hydrogens is 376 g/mol. The lowest BCUT2D eigenvalue weighted by atomic mass is 9.48. The van der Waals surface area contributed by atoms with Crippen molar-refractivity contribution >= 4 is 15.9 Å². The second kappa shape index (κ2) is 7.11. The fourth-order valence-electron chi connectivity index (χ4n) is 6.19. The van der Waals surface area contributed by atoms with Crippen molar-refractivity contribution in [2.45, 2.75) is 56.4 Å². The first-order chi connectivity index (χ1) is 13.2. The van der Waals surface area contributed by atoms with Gasteiger partial charge in [0.1, 0.15) is 0 Å². The minimum Gasteiger partial charge on any atom is -0.349 e. The summed E-state index contributed by atoms with van der Waals surface area (Å²) in [6.45, 7) is 2.13. The zero-order chi connectivity index (χ0) is 20.1. The van der Waals surface area contributed by atoms with Crippen LogP contribution in [-0.4, -0.2) is 39.0 Å². The summed E-state index contributed by atoms with van der Waals surface area (Å²) in [6.07, 6.45) is 7.75. The average Bonchev–Trinajstić information content (AvgIpc) is 2.66. The molecule has 4 bridgehead atoms. The Labute approximate surface area is 167 Å². The van der Waals surface area contributed by atoms with Gasteiger partial charge in [-0.3, -0.25) is 9.63 Å². The van der Waals surface area contributed by atoms with Crippen LogP contribution >= 0.6 is 0 Å². The molecule has 4 aliphatic rings. The third-order valence-corrected chi connectivity index (χ3v) is 9.02. The molecule has 0 heterocycles. The Morgan fingerprint density at radius 2 is 1.75 bits per heavy atom. The molecule has 0 radical (unpaired) electrons. The minimum atomic E-state index is -3.78. The van der Waals surface area contributed by atoms with Crippen LogP contribution in [0.4, 0.5) is 0 Å². The van der Waals surface area contributed by atoms with Crippen LogP contribution in [0.25, 0.3) is 0 Å². The highest BCUT2D eigenvalue weighted by atomic mass is 32.2. The maximum atomic E-state index is 12.9. The first-order valence-electron chi connectivity index (χ1n) is 10.2. The topological polar surface area (TPSA) is 75.7 Å². The van der Waals surface area contributed by atoms with Gasteiger partial charge in [0.05, 0.1) is 12.0 Å². The molecule has 1 N–H and O–H groups in total. The van der Waals surface area contributed by atoms with E-state index in [2.05, 4.69) is 12.2 Å². The fraction of sp³-hybridized carbons (Fsp3) is 0.667. The number of carbonyl (C=O) groups is 1. The number of hydroxylamine groups is 1. The zero-order valence-corrected chi connectivity index (χ0v) is 17.7. The van der Waals surface area contributed by atoms with Gasteiger partial charge < -0.3 is 5.32 Å². The number of sulfonamides is 1. The highest BCUT2D eigenvalue weighted by Gasteiger charge is 2.53. The van der Waals surface area contributed by atoms with Gasteiger partial charge in [-0.1, -0.05) is 10.5 Å². The summed E-state index contributed by atoms with van der Waals surface area (Å²) < 4.78 is 25.7. The van der Waals surface area contributed by atoms with E-state index in [-0.39, 0.29) is 22.3 Å². The summed E-state index contributed by atoms with van der Waals surface area (Å²) in [5.41, 5.74) is 0.576. The number of nitrogens with zero attached hydrogens (tertiary/aromatic N) is 1. The van der Waals surface area contributed by atoms with E-state index in [1.54, 1.807) is 12.1 Å². The normalized spacial score (nSPS) is 32.5. The molecule has 0 unspecified atom stereocenters. The quantitative estimate of drug-likeness (QED) is 0.736. The summed E-state index contributed by atoms with van der Waals surface area (Å²) >= 11 is 0. The van der Waals surface area contributed by atoms with Gasteiger partial charge in [-0.2, -0.15) is 0 Å². The van der Waals surface area contributed by atoms with Crippen LogP contribution < -0.4 is 5.32 Å². The Morgan fingerprint density at radius 1 is 1.18 bits per heavy atom. The number of hydrogen-bond acceptors (Lipinski definition) is 4. The number of benzene rings is 1. The second-order valence-electron chi connectivity index (χ2n) is 9.10. The molecule has 7 heteroatoms. The van der Waals surface area contributed by atoms with Gasteiger partial charge in [-0.05, 0) is 86.8 Å². The van der Waals surface area contributed by atoms with Crippen molar-refractivity contribution in [1.82, 2.24) is 9.79 Å². The molecule has 4 aliphatic carbocycles. The highest BCUT2D eigenvalue weighted by Crippen LogP contribution is 2.61. The van der Waals surface area contributed by atoms with Crippen molar-refractivity contribution in [1.29, 1.82) is 0 Å². The van der Waals surface area contributed by atoms with Gasteiger partial charge in [0.2, 0.25) is 0 Å². The van der Waals surface area contributed by atoms with Gasteiger partial charge in [0.15, 0.2) is 0 Å². The van der Waals surface area contributed by atoms with Crippen molar-refractivity contribution < 1.29 is 18.0 Å². The summed E-state index contributed by atoms with van der Waals surface area (Å²) in [5, 5.41) is 3.20. The van der Waals surface area contributed by atoms with E-state index in [0.29, 0.717) is 5.56 Å². The first kappa shape index (κ1) is 19.9. The zero-order valence-electron chi connectivity index (χ0n) is 16.8. The van der Waals surface area contributed by atoms with Crippen molar-refractivity contribution in [2.75, 3.05) is 14.2 Å². The van der Waals surface area contributed by atoms with Crippen molar-refractivity contribution in [3.05, 3.63) is 29.8 Å².